The highest BCUT2D eigenvalue weighted by Gasteiger charge is 2.87. The fourth-order valence-corrected chi connectivity index (χ4v) is 3.64. The Bertz CT molecular complexity index is 1050. The van der Waals surface area contributed by atoms with E-state index in [9.17, 15) is 35.9 Å². The smallest absolute Gasteiger partial charge is 0.308 e. The molecule has 2 amide bonds. The first-order chi connectivity index (χ1) is 14.9. The van der Waals surface area contributed by atoms with Crippen molar-refractivity contribution in [2.45, 2.75) is 23.4 Å². The lowest BCUT2D eigenvalue weighted by atomic mass is 9.75. The van der Waals surface area contributed by atoms with Crippen LogP contribution in [-0.4, -0.2) is 46.9 Å². The van der Waals surface area contributed by atoms with Crippen LogP contribution in [0.4, 0.5) is 26.3 Å². The van der Waals surface area contributed by atoms with Crippen LogP contribution in [0.2, 0.25) is 0 Å². The van der Waals surface area contributed by atoms with Crippen LogP contribution in [0.15, 0.2) is 70.6 Å². The van der Waals surface area contributed by atoms with Crippen molar-refractivity contribution in [1.29, 1.82) is 0 Å². The highest BCUT2D eigenvalue weighted by molar-refractivity contribution is 6.22. The van der Waals surface area contributed by atoms with Gasteiger partial charge in [0.2, 0.25) is 0 Å². The molecule has 0 aromatic heterocycles. The van der Waals surface area contributed by atoms with Crippen molar-refractivity contribution in [3.05, 3.63) is 71.8 Å². The lowest BCUT2D eigenvalue weighted by Crippen LogP contribution is -2.74. The number of carbonyl (C=O) groups excluding carboxylic acids is 2. The standard InChI is InChI=1S/C20H12F6N4O2/c21-19(22,23)17(15(31)27-13(29-17)11-7-3-1-4-8-11)18(20(24,25)26)16(32)28-14(30-18)12-9-5-2-6-10-12/h1-10H,(H,27,29,31)(H,28,30,32). The normalized spacial score (nSPS) is 25.8. The van der Waals surface area contributed by atoms with Crippen molar-refractivity contribution >= 4 is 23.5 Å². The number of carbonyl (C=O) groups is 2. The molecule has 0 fully saturated rings. The van der Waals surface area contributed by atoms with Gasteiger partial charge in [0.05, 0.1) is 0 Å². The molecule has 2 heterocycles. The number of aliphatic imine (C=N–C) groups is 2. The van der Waals surface area contributed by atoms with Crippen molar-refractivity contribution < 1.29 is 35.9 Å². The number of halogens is 6. The quantitative estimate of drug-likeness (QED) is 0.700. The van der Waals surface area contributed by atoms with Crippen LogP contribution in [0, 0.1) is 0 Å². The maximum Gasteiger partial charge on any atom is 0.426 e. The Morgan fingerprint density at radius 2 is 0.906 bits per heavy atom. The van der Waals surface area contributed by atoms with Crippen LogP contribution in [0.1, 0.15) is 11.1 Å². The maximum atomic E-state index is 14.4. The predicted molar refractivity (Wildman–Crippen MR) is 99.8 cm³/mol. The second kappa shape index (κ2) is 6.90. The fourth-order valence-electron chi connectivity index (χ4n) is 3.64. The molecule has 2 aliphatic heterocycles. The van der Waals surface area contributed by atoms with Gasteiger partial charge in [0, 0.05) is 11.1 Å². The zero-order valence-corrected chi connectivity index (χ0v) is 15.8. The van der Waals surface area contributed by atoms with E-state index in [4.69, 9.17) is 0 Å². The minimum atomic E-state index is -5.93. The van der Waals surface area contributed by atoms with E-state index in [1.807, 2.05) is 0 Å². The van der Waals surface area contributed by atoms with Crippen molar-refractivity contribution in [2.24, 2.45) is 9.98 Å². The van der Waals surface area contributed by atoms with Gasteiger partial charge in [0.25, 0.3) is 22.9 Å². The summed E-state index contributed by atoms with van der Waals surface area (Å²) in [6.45, 7) is 0. The molecule has 2 N–H and O–H groups in total. The Morgan fingerprint density at radius 3 is 1.19 bits per heavy atom. The number of nitrogens with zero attached hydrogens (tertiary/aromatic N) is 2. The summed E-state index contributed by atoms with van der Waals surface area (Å²) in [5, 5.41) is 3.52. The van der Waals surface area contributed by atoms with Gasteiger partial charge in [-0.05, 0) is 0 Å². The first-order valence-electron chi connectivity index (χ1n) is 9.01. The van der Waals surface area contributed by atoms with Crippen molar-refractivity contribution in [3.8, 4) is 0 Å². The number of benzene rings is 2. The predicted octanol–water partition coefficient (Wildman–Crippen LogP) is 2.74. The molecule has 0 spiro atoms. The zero-order chi connectivity index (χ0) is 23.4. The van der Waals surface area contributed by atoms with Gasteiger partial charge in [-0.1, -0.05) is 60.7 Å². The second-order valence-electron chi connectivity index (χ2n) is 6.98. The van der Waals surface area contributed by atoms with Gasteiger partial charge >= 0.3 is 12.4 Å². The van der Waals surface area contributed by atoms with Crippen molar-refractivity contribution in [1.82, 2.24) is 10.6 Å². The van der Waals surface area contributed by atoms with Gasteiger partial charge in [0.1, 0.15) is 11.7 Å². The van der Waals surface area contributed by atoms with E-state index < -0.39 is 46.9 Å². The van der Waals surface area contributed by atoms with Gasteiger partial charge in [0.15, 0.2) is 0 Å². The van der Waals surface area contributed by atoms with Gasteiger partial charge < -0.3 is 10.6 Å². The average Bonchev–Trinajstić information content (AvgIpc) is 3.27. The Balaban J connectivity index is 2.03. The minimum absolute atomic E-state index is 0.0741. The lowest BCUT2D eigenvalue weighted by molar-refractivity contribution is -0.256. The summed E-state index contributed by atoms with van der Waals surface area (Å²) in [6, 6.07) is 13.6. The van der Waals surface area contributed by atoms with E-state index in [2.05, 4.69) is 9.98 Å². The second-order valence-corrected chi connectivity index (χ2v) is 6.98. The molecule has 166 valence electrons. The van der Waals surface area contributed by atoms with Crippen LogP contribution in [0.5, 0.6) is 0 Å². The van der Waals surface area contributed by atoms with E-state index in [1.165, 1.54) is 60.7 Å². The summed E-state index contributed by atoms with van der Waals surface area (Å²) < 4.78 is 86.2. The Labute approximate surface area is 176 Å². The van der Waals surface area contributed by atoms with E-state index in [0.29, 0.717) is 0 Å². The Morgan fingerprint density at radius 1 is 0.594 bits per heavy atom. The zero-order valence-electron chi connectivity index (χ0n) is 15.8. The maximum absolute atomic E-state index is 14.4. The third-order valence-electron chi connectivity index (χ3n) is 5.12. The number of amidine groups is 2. The molecule has 2 atom stereocenters. The number of amides is 2. The molecule has 0 aliphatic carbocycles. The highest BCUT2D eigenvalue weighted by Crippen LogP contribution is 2.54. The lowest BCUT2D eigenvalue weighted by Gasteiger charge is -2.39. The largest absolute Gasteiger partial charge is 0.426 e. The summed E-state index contributed by atoms with van der Waals surface area (Å²) in [6.07, 6.45) is -11.9. The Hall–Kier alpha value is -3.70. The first-order valence-corrected chi connectivity index (χ1v) is 9.01. The van der Waals surface area contributed by atoms with Crippen molar-refractivity contribution in [2.75, 3.05) is 0 Å². The van der Waals surface area contributed by atoms with E-state index >= 15 is 0 Å². The van der Waals surface area contributed by atoms with Crippen LogP contribution >= 0.6 is 0 Å². The molecule has 0 saturated carbocycles. The van der Waals surface area contributed by atoms with Gasteiger partial charge in [-0.3, -0.25) is 9.59 Å². The van der Waals surface area contributed by atoms with Crippen LogP contribution in [0.25, 0.3) is 0 Å². The molecule has 2 aromatic rings. The molecule has 0 radical (unpaired) electrons. The topological polar surface area (TPSA) is 82.9 Å². The van der Waals surface area contributed by atoms with Crippen molar-refractivity contribution in [3.63, 3.8) is 0 Å². The number of hydrogen-bond acceptors (Lipinski definition) is 4. The van der Waals surface area contributed by atoms with Gasteiger partial charge in [-0.15, -0.1) is 0 Å². The monoisotopic (exact) mass is 454 g/mol. The third kappa shape index (κ3) is 2.82. The molecule has 12 heteroatoms. The summed E-state index contributed by atoms with van der Waals surface area (Å²) in [5.74, 6) is -5.83. The molecular formula is C20H12F6N4O2. The molecule has 2 aromatic carbocycles. The van der Waals surface area contributed by atoms with E-state index in [1.54, 1.807) is 10.6 Å². The van der Waals surface area contributed by atoms with Crippen LogP contribution < -0.4 is 10.6 Å². The summed E-state index contributed by atoms with van der Waals surface area (Å²) in [5.41, 5.74) is -9.31. The molecule has 0 bridgehead atoms. The molecule has 2 unspecified atom stereocenters. The van der Waals surface area contributed by atoms with E-state index in [-0.39, 0.29) is 11.1 Å². The SMILES string of the molecule is O=C1NC(c2ccccc2)=NC1(C(F)(F)F)C1(C(F)(F)F)N=C(c2ccccc2)NC1=O. The molecule has 2 aliphatic rings. The number of rotatable bonds is 3. The number of nitrogens with one attached hydrogen (secondary N) is 2. The van der Waals surface area contributed by atoms with E-state index in [0.717, 1.165) is 0 Å². The first kappa shape index (κ1) is 21.5. The summed E-state index contributed by atoms with van der Waals surface area (Å²) >= 11 is 0. The number of hydrogen-bond donors (Lipinski definition) is 2. The number of alkyl halides is 6. The molecule has 6 nitrogen and oxygen atoms in total. The van der Waals surface area contributed by atoms with Gasteiger partial charge in [-0.25, -0.2) is 9.98 Å². The summed E-state index contributed by atoms with van der Waals surface area (Å²) in [7, 11) is 0. The molecule has 32 heavy (non-hydrogen) atoms. The van der Waals surface area contributed by atoms with Crippen LogP contribution in [0.3, 0.4) is 0 Å². The average molecular weight is 454 g/mol. The minimum Gasteiger partial charge on any atom is -0.308 e. The fraction of sp³-hybridized carbons (Fsp3) is 0.200. The van der Waals surface area contributed by atoms with Crippen LogP contribution in [-0.2, 0) is 9.59 Å². The summed E-state index contributed by atoms with van der Waals surface area (Å²) in [4.78, 5) is 31.7. The Kier molecular flexibility index (Phi) is 4.64. The third-order valence-corrected chi connectivity index (χ3v) is 5.12. The molecular weight excluding hydrogens is 442 g/mol. The molecule has 4 rings (SSSR count). The highest BCUT2D eigenvalue weighted by atomic mass is 19.4. The van der Waals surface area contributed by atoms with Gasteiger partial charge in [-0.2, -0.15) is 26.3 Å². The molecule has 0 saturated heterocycles.